The van der Waals surface area contributed by atoms with E-state index in [2.05, 4.69) is 0 Å². The van der Waals surface area contributed by atoms with Gasteiger partial charge in [0.05, 0.1) is 23.3 Å². The van der Waals surface area contributed by atoms with Gasteiger partial charge in [0.2, 0.25) is 6.29 Å². The fourth-order valence-corrected chi connectivity index (χ4v) is 8.70. The zero-order chi connectivity index (χ0) is 23.9. The Labute approximate surface area is 200 Å². The summed E-state index contributed by atoms with van der Waals surface area (Å²) in [5.74, 6) is -1.98. The third-order valence-corrected chi connectivity index (χ3v) is 10.1. The van der Waals surface area contributed by atoms with Crippen LogP contribution in [0.2, 0.25) is 0 Å². The Morgan fingerprint density at radius 1 is 1.24 bits per heavy atom. The van der Waals surface area contributed by atoms with Gasteiger partial charge in [0.1, 0.15) is 11.4 Å². The van der Waals surface area contributed by atoms with Crippen LogP contribution in [0.25, 0.3) is 0 Å². The Balaban J connectivity index is 1.91. The minimum absolute atomic E-state index is 0.0756. The van der Waals surface area contributed by atoms with Crippen LogP contribution < -0.4 is 0 Å². The van der Waals surface area contributed by atoms with Crippen LogP contribution in [0.1, 0.15) is 32.8 Å². The molecule has 3 heterocycles. The molecule has 2 fully saturated rings. The van der Waals surface area contributed by atoms with Crippen LogP contribution in [0.3, 0.4) is 0 Å². The highest BCUT2D eigenvalue weighted by Gasteiger charge is 2.78. The summed E-state index contributed by atoms with van der Waals surface area (Å²) in [7, 11) is -1.85. The number of carbonyl (C=O) groups excluding carboxylic acids is 2. The van der Waals surface area contributed by atoms with E-state index in [0.717, 1.165) is 16.2 Å². The van der Waals surface area contributed by atoms with Crippen molar-refractivity contribution in [2.75, 3.05) is 19.8 Å². The fourth-order valence-electron chi connectivity index (χ4n) is 4.96. The van der Waals surface area contributed by atoms with Gasteiger partial charge in [-0.1, -0.05) is 17.7 Å². The molecule has 0 amide bonds. The van der Waals surface area contributed by atoms with E-state index in [1.165, 1.54) is 11.8 Å². The van der Waals surface area contributed by atoms with Crippen molar-refractivity contribution in [3.8, 4) is 0 Å². The molecule has 6 atom stereocenters. The lowest BCUT2D eigenvalue weighted by atomic mass is 9.91. The summed E-state index contributed by atoms with van der Waals surface area (Å²) in [5.41, 5.74) is 1.77. The monoisotopic (exact) mass is 495 g/mol. The van der Waals surface area contributed by atoms with Gasteiger partial charge in [-0.25, -0.2) is 4.79 Å². The molecular weight excluding hydrogens is 466 g/mol. The van der Waals surface area contributed by atoms with Crippen LogP contribution in [-0.4, -0.2) is 68.4 Å². The Morgan fingerprint density at radius 3 is 2.55 bits per heavy atom. The number of thioether (sulfide) groups is 1. The molecule has 0 aromatic heterocycles. The van der Waals surface area contributed by atoms with Crippen LogP contribution in [0.5, 0.6) is 0 Å². The first-order valence-corrected chi connectivity index (χ1v) is 13.1. The van der Waals surface area contributed by atoms with Gasteiger partial charge in [-0.3, -0.25) is 9.00 Å². The Morgan fingerprint density at radius 2 is 1.94 bits per heavy atom. The predicted octanol–water partition coefficient (Wildman–Crippen LogP) is 2.31. The third kappa shape index (κ3) is 3.62. The summed E-state index contributed by atoms with van der Waals surface area (Å²) in [6, 6.07) is 6.27. The van der Waals surface area contributed by atoms with Gasteiger partial charge in [-0.05, 0) is 39.8 Å². The number of hydrogen-bond acceptors (Lipinski definition) is 9. The number of ether oxygens (including phenoxy) is 3. The first kappa shape index (κ1) is 24.3. The molecule has 1 aromatic rings. The third-order valence-electron chi connectivity index (χ3n) is 6.37. The second-order valence-corrected chi connectivity index (χ2v) is 11.0. The van der Waals surface area contributed by atoms with Crippen LogP contribution in [0.15, 0.2) is 39.8 Å². The standard InChI is InChI=1S/C23H29NO7S2/c1-5-29-19(26)18-17-20(30-6-2)31-22(27)23(17,33(28)15-9-7-13(3)8-10-15)21-24(18)14(4)16(32-21)11-12-25/h7-10,17-18,20-21,25H,5-6,11-12H2,1-4H3/t17-,18-,20+,21+,23-,33+/m1/s1. The highest BCUT2D eigenvalue weighted by Crippen LogP contribution is 2.61. The molecule has 3 aliphatic heterocycles. The van der Waals surface area contributed by atoms with Crippen molar-refractivity contribution in [1.29, 1.82) is 0 Å². The molecule has 1 N–H and O–H groups in total. The summed E-state index contributed by atoms with van der Waals surface area (Å²) < 4.78 is 29.6. The van der Waals surface area contributed by atoms with Crippen LogP contribution in [0.4, 0.5) is 0 Å². The average molecular weight is 496 g/mol. The molecule has 10 heteroatoms. The first-order valence-electron chi connectivity index (χ1n) is 11.1. The average Bonchev–Trinajstić information content (AvgIpc) is 3.36. The van der Waals surface area contributed by atoms with Crippen molar-refractivity contribution in [1.82, 2.24) is 4.90 Å². The number of benzene rings is 1. The molecule has 0 saturated carbocycles. The Hall–Kier alpha value is -1.88. The number of allylic oxidation sites excluding steroid dienone is 1. The minimum atomic E-state index is -1.85. The lowest BCUT2D eigenvalue weighted by Crippen LogP contribution is -2.52. The summed E-state index contributed by atoms with van der Waals surface area (Å²) in [5, 5.41) is 8.91. The molecule has 1 aromatic carbocycles. The van der Waals surface area contributed by atoms with Crippen molar-refractivity contribution in [3.05, 3.63) is 40.4 Å². The van der Waals surface area contributed by atoms with E-state index in [9.17, 15) is 18.9 Å². The van der Waals surface area contributed by atoms with Crippen molar-refractivity contribution >= 4 is 34.5 Å². The second-order valence-electron chi connectivity index (χ2n) is 8.19. The van der Waals surface area contributed by atoms with Gasteiger partial charge in [0, 0.05) is 35.1 Å². The van der Waals surface area contributed by atoms with Crippen molar-refractivity contribution in [2.45, 2.75) is 61.5 Å². The molecule has 4 rings (SSSR count). The number of aliphatic hydroxyl groups is 1. The van der Waals surface area contributed by atoms with Crippen molar-refractivity contribution in [2.24, 2.45) is 5.92 Å². The number of carbonyl (C=O) groups is 2. The number of hydrogen-bond donors (Lipinski definition) is 1. The number of fused-ring (bicyclic) bond motifs is 3. The number of aryl methyl sites for hydroxylation is 1. The molecule has 0 spiro atoms. The minimum Gasteiger partial charge on any atom is -0.464 e. The Bertz CT molecular complexity index is 995. The maximum Gasteiger partial charge on any atom is 0.331 e. The topological polar surface area (TPSA) is 102 Å². The zero-order valence-electron chi connectivity index (χ0n) is 19.1. The molecule has 33 heavy (non-hydrogen) atoms. The predicted molar refractivity (Wildman–Crippen MR) is 123 cm³/mol. The lowest BCUT2D eigenvalue weighted by Gasteiger charge is -2.30. The first-order chi connectivity index (χ1) is 15.8. The number of aliphatic hydroxyl groups excluding tert-OH is 1. The summed E-state index contributed by atoms with van der Waals surface area (Å²) in [6.45, 7) is 7.64. The molecule has 2 saturated heterocycles. The van der Waals surface area contributed by atoms with Crippen LogP contribution >= 0.6 is 11.8 Å². The highest BCUT2D eigenvalue weighted by molar-refractivity contribution is 8.05. The van der Waals surface area contributed by atoms with Gasteiger partial charge in [0.15, 0.2) is 4.75 Å². The number of esters is 2. The van der Waals surface area contributed by atoms with Gasteiger partial charge in [-0.15, -0.1) is 11.8 Å². The van der Waals surface area contributed by atoms with Crippen molar-refractivity contribution < 1.29 is 33.1 Å². The van der Waals surface area contributed by atoms with Gasteiger partial charge in [-0.2, -0.15) is 0 Å². The summed E-state index contributed by atoms with van der Waals surface area (Å²) >= 11 is 1.37. The van der Waals surface area contributed by atoms with E-state index in [1.54, 1.807) is 26.0 Å². The largest absolute Gasteiger partial charge is 0.464 e. The van der Waals surface area contributed by atoms with Crippen LogP contribution in [-0.2, 0) is 34.6 Å². The Kier molecular flexibility index (Phi) is 6.91. The van der Waals surface area contributed by atoms with E-state index in [0.29, 0.717) is 11.3 Å². The smallest absolute Gasteiger partial charge is 0.331 e. The van der Waals surface area contributed by atoms with E-state index < -0.39 is 51.1 Å². The normalized spacial score (nSPS) is 31.4. The molecule has 8 nitrogen and oxygen atoms in total. The zero-order valence-corrected chi connectivity index (χ0v) is 20.7. The number of nitrogens with zero attached hydrogens (tertiary/aromatic N) is 1. The molecule has 0 aliphatic carbocycles. The quantitative estimate of drug-likeness (QED) is 0.544. The van der Waals surface area contributed by atoms with E-state index in [4.69, 9.17) is 14.2 Å². The molecule has 3 aliphatic rings. The highest BCUT2D eigenvalue weighted by atomic mass is 32.2. The summed E-state index contributed by atoms with van der Waals surface area (Å²) in [4.78, 5) is 30.1. The maximum atomic E-state index is 14.3. The number of rotatable bonds is 8. The molecule has 180 valence electrons. The molecule has 0 bridgehead atoms. The number of cyclic esters (lactones) is 1. The molecule has 0 radical (unpaired) electrons. The van der Waals surface area contributed by atoms with E-state index >= 15 is 0 Å². The lowest BCUT2D eigenvalue weighted by molar-refractivity contribution is -0.175. The summed E-state index contributed by atoms with van der Waals surface area (Å²) in [6.07, 6.45) is -0.646. The van der Waals surface area contributed by atoms with Gasteiger partial charge in [0.25, 0.3) is 0 Å². The van der Waals surface area contributed by atoms with Gasteiger partial charge < -0.3 is 24.2 Å². The SMILES string of the molecule is CCOC(=O)[C@H]1[C@@H]2[C@@H](OCC)OC(=O)[C@]2([S@@](=O)c2ccc(C)cc2)[C@@H]2SC(CCO)=C(C)N21. The van der Waals surface area contributed by atoms with Crippen LogP contribution in [0, 0.1) is 12.8 Å². The van der Waals surface area contributed by atoms with E-state index in [-0.39, 0.29) is 19.8 Å². The molecule has 0 unspecified atom stereocenters. The van der Waals surface area contributed by atoms with Gasteiger partial charge >= 0.3 is 11.9 Å². The second kappa shape index (κ2) is 9.40. The van der Waals surface area contributed by atoms with Crippen molar-refractivity contribution in [3.63, 3.8) is 0 Å². The molecular formula is C23H29NO7S2. The maximum absolute atomic E-state index is 14.3. The van der Waals surface area contributed by atoms with E-state index in [1.807, 2.05) is 30.9 Å². The fraction of sp³-hybridized carbons (Fsp3) is 0.565.